The molecule has 1 heterocycles. The summed E-state index contributed by atoms with van der Waals surface area (Å²) >= 11 is 0. The molecule has 19 heavy (non-hydrogen) atoms. The zero-order chi connectivity index (χ0) is 13.8. The molecule has 0 aromatic carbocycles. The minimum atomic E-state index is -0.422. The Morgan fingerprint density at radius 1 is 1.47 bits per heavy atom. The third-order valence-electron chi connectivity index (χ3n) is 4.11. The quantitative estimate of drug-likeness (QED) is 0.497. The third kappa shape index (κ3) is 3.36. The predicted octanol–water partition coefficient (Wildman–Crippen LogP) is 2.22. The van der Waals surface area contributed by atoms with Crippen LogP contribution in [0, 0.1) is 11.8 Å². The van der Waals surface area contributed by atoms with Gasteiger partial charge in [-0.2, -0.15) is 0 Å². The Morgan fingerprint density at radius 3 is 2.95 bits per heavy atom. The number of nitrogens with two attached hydrogens (primary N) is 1. The molecule has 1 saturated carbocycles. The molecule has 0 bridgehead atoms. The highest BCUT2D eigenvalue weighted by molar-refractivity contribution is 5.92. The summed E-state index contributed by atoms with van der Waals surface area (Å²) in [4.78, 5) is 11.5. The molecule has 5 nitrogen and oxygen atoms in total. The van der Waals surface area contributed by atoms with Gasteiger partial charge in [0.2, 0.25) is 0 Å². The molecule has 0 saturated heterocycles. The topological polar surface area (TPSA) is 77.5 Å². The minimum Gasteiger partial charge on any atom is -0.459 e. The van der Waals surface area contributed by atoms with Crippen LogP contribution in [-0.4, -0.2) is 12.0 Å². The van der Waals surface area contributed by atoms with Crippen LogP contribution in [0.1, 0.15) is 49.2 Å². The molecule has 1 aromatic heterocycles. The fourth-order valence-electron chi connectivity index (χ4n) is 2.57. The Bertz CT molecular complexity index is 430. The van der Waals surface area contributed by atoms with E-state index in [1.54, 1.807) is 6.07 Å². The van der Waals surface area contributed by atoms with Gasteiger partial charge in [-0.25, -0.2) is 5.84 Å². The van der Waals surface area contributed by atoms with Crippen LogP contribution in [-0.2, 0) is 11.3 Å². The van der Waals surface area contributed by atoms with Crippen molar-refractivity contribution in [2.75, 3.05) is 0 Å². The lowest BCUT2D eigenvalue weighted by molar-refractivity contribution is -0.00791. The Kier molecular flexibility index (Phi) is 4.61. The van der Waals surface area contributed by atoms with Crippen LogP contribution in [0.15, 0.2) is 16.7 Å². The molecule has 1 amide bonds. The number of nitrogen functional groups attached to an aromatic ring is 1. The van der Waals surface area contributed by atoms with Crippen LogP contribution < -0.4 is 11.3 Å². The third-order valence-corrected chi connectivity index (χ3v) is 4.11. The van der Waals surface area contributed by atoms with E-state index in [9.17, 15) is 4.79 Å². The summed E-state index contributed by atoms with van der Waals surface area (Å²) < 4.78 is 11.0. The van der Waals surface area contributed by atoms with Gasteiger partial charge in [-0.05, 0) is 37.2 Å². The first-order chi connectivity index (χ1) is 9.11. The molecule has 3 atom stereocenters. The van der Waals surface area contributed by atoms with E-state index in [2.05, 4.69) is 19.3 Å². The highest BCUT2D eigenvalue weighted by atomic mass is 16.5. The normalized spacial score (nSPS) is 27.2. The van der Waals surface area contributed by atoms with Crippen molar-refractivity contribution in [2.24, 2.45) is 17.7 Å². The molecule has 0 radical (unpaired) electrons. The highest BCUT2D eigenvalue weighted by Crippen LogP contribution is 2.31. The standard InChI is InChI=1S/C14H22N2O3/c1-9-3-4-12(7-10(9)2)19-8-11-5-6-18-13(11)14(17)16-15/h5-6,9-10,12H,3-4,7-8,15H2,1-2H3,(H,16,17). The molecule has 3 N–H and O–H groups in total. The van der Waals surface area contributed by atoms with E-state index in [1.165, 1.54) is 12.7 Å². The van der Waals surface area contributed by atoms with E-state index in [4.69, 9.17) is 15.0 Å². The van der Waals surface area contributed by atoms with Gasteiger partial charge in [0.1, 0.15) is 0 Å². The number of rotatable bonds is 4. The second-order valence-electron chi connectivity index (χ2n) is 5.45. The first-order valence-electron chi connectivity index (χ1n) is 6.80. The number of hydrogen-bond acceptors (Lipinski definition) is 4. The van der Waals surface area contributed by atoms with E-state index in [1.807, 2.05) is 0 Å². The maximum atomic E-state index is 11.5. The van der Waals surface area contributed by atoms with Gasteiger partial charge in [0.25, 0.3) is 0 Å². The lowest BCUT2D eigenvalue weighted by atomic mass is 9.80. The molecule has 1 aliphatic rings. The number of amides is 1. The Balaban J connectivity index is 1.89. The predicted molar refractivity (Wildman–Crippen MR) is 71.1 cm³/mol. The zero-order valence-electron chi connectivity index (χ0n) is 11.5. The lowest BCUT2D eigenvalue weighted by Gasteiger charge is -2.31. The minimum absolute atomic E-state index is 0.236. The highest BCUT2D eigenvalue weighted by Gasteiger charge is 2.25. The van der Waals surface area contributed by atoms with E-state index in [0.717, 1.165) is 24.3 Å². The zero-order valence-corrected chi connectivity index (χ0v) is 11.5. The first kappa shape index (κ1) is 14.1. The Hall–Kier alpha value is -1.33. The molecule has 1 aliphatic carbocycles. The number of hydrazine groups is 1. The van der Waals surface area contributed by atoms with Crippen molar-refractivity contribution in [3.8, 4) is 0 Å². The average molecular weight is 266 g/mol. The van der Waals surface area contributed by atoms with Crippen LogP contribution in [0.5, 0.6) is 0 Å². The number of carbonyl (C=O) groups excluding carboxylic acids is 1. The van der Waals surface area contributed by atoms with Crippen LogP contribution in [0.4, 0.5) is 0 Å². The largest absolute Gasteiger partial charge is 0.459 e. The molecular formula is C14H22N2O3. The monoisotopic (exact) mass is 266 g/mol. The van der Waals surface area contributed by atoms with E-state index in [-0.39, 0.29) is 11.9 Å². The summed E-state index contributed by atoms with van der Waals surface area (Å²) in [5.74, 6) is 6.38. The summed E-state index contributed by atoms with van der Waals surface area (Å²) in [7, 11) is 0. The molecule has 106 valence electrons. The van der Waals surface area contributed by atoms with Crippen LogP contribution in [0.3, 0.4) is 0 Å². The van der Waals surface area contributed by atoms with E-state index in [0.29, 0.717) is 12.5 Å². The maximum absolute atomic E-state index is 11.5. The van der Waals surface area contributed by atoms with Gasteiger partial charge in [-0.15, -0.1) is 0 Å². The van der Waals surface area contributed by atoms with Crippen molar-refractivity contribution in [1.82, 2.24) is 5.43 Å². The number of nitrogens with one attached hydrogen (secondary N) is 1. The molecule has 3 unspecified atom stereocenters. The first-order valence-corrected chi connectivity index (χ1v) is 6.80. The molecule has 2 rings (SSSR count). The summed E-state index contributed by atoms with van der Waals surface area (Å²) in [6.45, 7) is 4.96. The van der Waals surface area contributed by atoms with Crippen molar-refractivity contribution in [2.45, 2.75) is 45.8 Å². The fourth-order valence-corrected chi connectivity index (χ4v) is 2.57. The fraction of sp³-hybridized carbons (Fsp3) is 0.643. The second-order valence-corrected chi connectivity index (χ2v) is 5.45. The molecular weight excluding hydrogens is 244 g/mol. The van der Waals surface area contributed by atoms with Crippen LogP contribution in [0.2, 0.25) is 0 Å². The number of furan rings is 1. The summed E-state index contributed by atoms with van der Waals surface area (Å²) in [5.41, 5.74) is 2.81. The average Bonchev–Trinajstić information content (AvgIpc) is 2.87. The number of hydrogen-bond donors (Lipinski definition) is 2. The second kappa shape index (κ2) is 6.21. The number of carbonyl (C=O) groups is 1. The molecule has 0 aliphatic heterocycles. The van der Waals surface area contributed by atoms with Gasteiger partial charge < -0.3 is 9.15 Å². The maximum Gasteiger partial charge on any atom is 0.301 e. The number of ether oxygens (including phenoxy) is 1. The van der Waals surface area contributed by atoms with Crippen molar-refractivity contribution in [3.63, 3.8) is 0 Å². The molecule has 1 aromatic rings. The Labute approximate surface area is 113 Å². The van der Waals surface area contributed by atoms with Gasteiger partial charge in [0.15, 0.2) is 5.76 Å². The molecule has 1 fully saturated rings. The Morgan fingerprint density at radius 2 is 2.26 bits per heavy atom. The van der Waals surface area contributed by atoms with Gasteiger partial charge in [-0.3, -0.25) is 10.2 Å². The van der Waals surface area contributed by atoms with Crippen LogP contribution in [0.25, 0.3) is 0 Å². The van der Waals surface area contributed by atoms with E-state index < -0.39 is 5.91 Å². The smallest absolute Gasteiger partial charge is 0.301 e. The van der Waals surface area contributed by atoms with Crippen molar-refractivity contribution >= 4 is 5.91 Å². The summed E-state index contributed by atoms with van der Waals surface area (Å²) in [6, 6.07) is 1.75. The van der Waals surface area contributed by atoms with Crippen LogP contribution >= 0.6 is 0 Å². The SMILES string of the molecule is CC1CCC(OCc2ccoc2C(=O)NN)CC1C. The molecule has 5 heteroatoms. The van der Waals surface area contributed by atoms with E-state index >= 15 is 0 Å². The van der Waals surface area contributed by atoms with Gasteiger partial charge >= 0.3 is 5.91 Å². The van der Waals surface area contributed by atoms with Crippen molar-refractivity contribution in [3.05, 3.63) is 23.7 Å². The van der Waals surface area contributed by atoms with Crippen molar-refractivity contribution in [1.29, 1.82) is 0 Å². The van der Waals surface area contributed by atoms with Crippen molar-refractivity contribution < 1.29 is 13.9 Å². The summed E-state index contributed by atoms with van der Waals surface area (Å²) in [5, 5.41) is 0. The van der Waals surface area contributed by atoms with Gasteiger partial charge in [-0.1, -0.05) is 13.8 Å². The lowest BCUT2D eigenvalue weighted by Crippen LogP contribution is -2.30. The summed E-state index contributed by atoms with van der Waals surface area (Å²) in [6.07, 6.45) is 5.12. The molecule has 0 spiro atoms. The van der Waals surface area contributed by atoms with Gasteiger partial charge in [0, 0.05) is 5.56 Å². The van der Waals surface area contributed by atoms with Gasteiger partial charge in [0.05, 0.1) is 19.0 Å².